The summed E-state index contributed by atoms with van der Waals surface area (Å²) in [6.07, 6.45) is 0. The molecule has 0 bridgehead atoms. The Morgan fingerprint density at radius 2 is 1.75 bits per heavy atom. The fourth-order valence-electron chi connectivity index (χ4n) is 2.10. The van der Waals surface area contributed by atoms with Crippen LogP contribution < -0.4 is 5.32 Å². The van der Waals surface area contributed by atoms with Gasteiger partial charge in [0.1, 0.15) is 0 Å². The van der Waals surface area contributed by atoms with Gasteiger partial charge in [-0.25, -0.2) is 0 Å². The molecule has 20 heavy (non-hydrogen) atoms. The first kappa shape index (κ1) is 16.3. The van der Waals surface area contributed by atoms with E-state index in [1.807, 2.05) is 18.2 Å². The molecule has 2 aromatic rings. The van der Waals surface area contributed by atoms with Gasteiger partial charge in [0.15, 0.2) is 0 Å². The van der Waals surface area contributed by atoms with Crippen LogP contribution in [0.4, 0.5) is 0 Å². The van der Waals surface area contributed by atoms with Gasteiger partial charge < -0.3 is 5.32 Å². The fourth-order valence-corrected chi connectivity index (χ4v) is 3.84. The molecule has 0 fully saturated rings. The maximum absolute atomic E-state index is 6.36. The molecule has 2 rings (SSSR count). The van der Waals surface area contributed by atoms with Crippen LogP contribution in [-0.4, -0.2) is 6.54 Å². The lowest BCUT2D eigenvalue weighted by atomic mass is 9.98. The molecular weight excluding hydrogens is 425 g/mol. The van der Waals surface area contributed by atoms with Gasteiger partial charge in [-0.2, -0.15) is 0 Å². The third-order valence-corrected chi connectivity index (χ3v) is 4.67. The molecule has 0 saturated carbocycles. The zero-order valence-electron chi connectivity index (χ0n) is 10.8. The van der Waals surface area contributed by atoms with Crippen LogP contribution in [0.25, 0.3) is 0 Å². The van der Waals surface area contributed by atoms with E-state index in [-0.39, 0.29) is 6.04 Å². The van der Waals surface area contributed by atoms with Crippen LogP contribution >= 0.6 is 55.1 Å². The number of halogens is 4. The number of hydrogen-bond donors (Lipinski definition) is 1. The summed E-state index contributed by atoms with van der Waals surface area (Å²) in [5.41, 5.74) is 2.10. The smallest absolute Gasteiger partial charge is 0.0643 e. The van der Waals surface area contributed by atoms with Gasteiger partial charge in [0.05, 0.1) is 16.1 Å². The lowest BCUT2D eigenvalue weighted by Gasteiger charge is -2.21. The second kappa shape index (κ2) is 7.28. The predicted molar refractivity (Wildman–Crippen MR) is 93.8 cm³/mol. The largest absolute Gasteiger partial charge is 0.306 e. The molecular formula is C15H13Br2Cl2N. The number of benzene rings is 2. The van der Waals surface area contributed by atoms with Gasteiger partial charge in [0.25, 0.3) is 0 Å². The molecule has 0 aliphatic heterocycles. The van der Waals surface area contributed by atoms with E-state index in [2.05, 4.69) is 56.2 Å². The molecule has 1 N–H and O–H groups in total. The van der Waals surface area contributed by atoms with Gasteiger partial charge in [-0.15, -0.1) is 0 Å². The Labute approximate surface area is 145 Å². The molecule has 0 amide bonds. The fraction of sp³-hybridized carbons (Fsp3) is 0.200. The Morgan fingerprint density at radius 1 is 1.10 bits per heavy atom. The second-order valence-electron chi connectivity index (χ2n) is 4.34. The average Bonchev–Trinajstić information content (AvgIpc) is 2.38. The highest BCUT2D eigenvalue weighted by Gasteiger charge is 2.18. The van der Waals surface area contributed by atoms with E-state index in [4.69, 9.17) is 23.2 Å². The molecule has 0 aliphatic carbocycles. The molecule has 1 atom stereocenters. The van der Waals surface area contributed by atoms with E-state index in [1.165, 1.54) is 0 Å². The summed E-state index contributed by atoms with van der Waals surface area (Å²) in [4.78, 5) is 0. The van der Waals surface area contributed by atoms with E-state index >= 15 is 0 Å². The van der Waals surface area contributed by atoms with Crippen molar-refractivity contribution < 1.29 is 0 Å². The molecule has 0 radical (unpaired) electrons. The van der Waals surface area contributed by atoms with Gasteiger partial charge in [-0.1, -0.05) is 74.1 Å². The summed E-state index contributed by atoms with van der Waals surface area (Å²) in [6, 6.07) is 11.9. The molecule has 2 aromatic carbocycles. The Kier molecular flexibility index (Phi) is 5.94. The van der Waals surface area contributed by atoms with Gasteiger partial charge in [-0.05, 0) is 41.9 Å². The quantitative estimate of drug-likeness (QED) is 0.598. The number of nitrogens with one attached hydrogen (secondary N) is 1. The SMILES string of the molecule is CCNC(c1cc(Br)cc(Br)c1)c1cccc(Cl)c1Cl. The Balaban J connectivity index is 2.53. The maximum Gasteiger partial charge on any atom is 0.0643 e. The number of rotatable bonds is 4. The summed E-state index contributed by atoms with van der Waals surface area (Å²) < 4.78 is 2.03. The van der Waals surface area contributed by atoms with E-state index in [0.29, 0.717) is 10.0 Å². The maximum atomic E-state index is 6.36. The summed E-state index contributed by atoms with van der Waals surface area (Å²) in [7, 11) is 0. The third-order valence-electron chi connectivity index (χ3n) is 2.92. The van der Waals surface area contributed by atoms with Crippen molar-refractivity contribution in [1.29, 1.82) is 0 Å². The van der Waals surface area contributed by atoms with Crippen LogP contribution in [0.2, 0.25) is 10.0 Å². The van der Waals surface area contributed by atoms with Crippen LogP contribution in [0.5, 0.6) is 0 Å². The predicted octanol–water partition coefficient (Wildman–Crippen LogP) is 6.22. The second-order valence-corrected chi connectivity index (χ2v) is 6.95. The first-order valence-electron chi connectivity index (χ1n) is 6.16. The standard InChI is InChI=1S/C15H13Br2Cl2N/c1-2-20-15(9-6-10(16)8-11(17)7-9)12-4-3-5-13(18)14(12)19/h3-8,15,20H,2H2,1H3. The van der Waals surface area contributed by atoms with Crippen molar-refractivity contribution in [3.8, 4) is 0 Å². The Morgan fingerprint density at radius 3 is 2.35 bits per heavy atom. The van der Waals surface area contributed by atoms with E-state index in [9.17, 15) is 0 Å². The lowest BCUT2D eigenvalue weighted by Crippen LogP contribution is -2.22. The van der Waals surface area contributed by atoms with Gasteiger partial charge in [0, 0.05) is 8.95 Å². The van der Waals surface area contributed by atoms with Crippen molar-refractivity contribution >= 4 is 55.1 Å². The van der Waals surface area contributed by atoms with Crippen molar-refractivity contribution in [3.63, 3.8) is 0 Å². The Hall–Kier alpha value is -0.0600. The van der Waals surface area contributed by atoms with Crippen molar-refractivity contribution in [2.45, 2.75) is 13.0 Å². The number of hydrogen-bond acceptors (Lipinski definition) is 1. The molecule has 106 valence electrons. The van der Waals surface area contributed by atoms with Crippen LogP contribution in [0.15, 0.2) is 45.3 Å². The highest BCUT2D eigenvalue weighted by atomic mass is 79.9. The average molecular weight is 438 g/mol. The topological polar surface area (TPSA) is 12.0 Å². The van der Waals surface area contributed by atoms with Crippen molar-refractivity contribution in [1.82, 2.24) is 5.32 Å². The molecule has 0 aliphatic rings. The van der Waals surface area contributed by atoms with Crippen LogP contribution in [0, 0.1) is 0 Å². The van der Waals surface area contributed by atoms with Gasteiger partial charge in [-0.3, -0.25) is 0 Å². The molecule has 5 heteroatoms. The zero-order chi connectivity index (χ0) is 14.7. The monoisotopic (exact) mass is 435 g/mol. The van der Waals surface area contributed by atoms with Crippen molar-refractivity contribution in [2.75, 3.05) is 6.54 Å². The summed E-state index contributed by atoms with van der Waals surface area (Å²) in [6.45, 7) is 2.90. The zero-order valence-corrected chi connectivity index (χ0v) is 15.4. The first-order valence-corrected chi connectivity index (χ1v) is 8.50. The molecule has 1 nitrogen and oxygen atoms in total. The van der Waals surface area contributed by atoms with E-state index in [0.717, 1.165) is 26.6 Å². The van der Waals surface area contributed by atoms with Crippen molar-refractivity contribution in [2.24, 2.45) is 0 Å². The highest BCUT2D eigenvalue weighted by Crippen LogP contribution is 2.35. The molecule has 0 aromatic heterocycles. The van der Waals surface area contributed by atoms with E-state index < -0.39 is 0 Å². The van der Waals surface area contributed by atoms with Gasteiger partial charge in [0.2, 0.25) is 0 Å². The molecule has 0 saturated heterocycles. The third kappa shape index (κ3) is 3.77. The summed E-state index contributed by atoms with van der Waals surface area (Å²) in [5.74, 6) is 0. The van der Waals surface area contributed by atoms with Crippen molar-refractivity contribution in [3.05, 3.63) is 66.5 Å². The summed E-state index contributed by atoms with van der Waals surface area (Å²) in [5, 5.41) is 4.62. The van der Waals surface area contributed by atoms with Crippen LogP contribution in [0.1, 0.15) is 24.1 Å². The van der Waals surface area contributed by atoms with E-state index in [1.54, 1.807) is 6.07 Å². The minimum absolute atomic E-state index is 0. The van der Waals surface area contributed by atoms with Crippen LogP contribution in [-0.2, 0) is 0 Å². The normalized spacial score (nSPS) is 12.4. The molecule has 1 unspecified atom stereocenters. The summed E-state index contributed by atoms with van der Waals surface area (Å²) >= 11 is 19.5. The molecule has 0 spiro atoms. The Bertz CT molecular complexity index is 597. The first-order chi connectivity index (χ1) is 9.52. The molecule has 0 heterocycles. The minimum Gasteiger partial charge on any atom is -0.306 e. The van der Waals surface area contributed by atoms with Gasteiger partial charge >= 0.3 is 0 Å². The minimum atomic E-state index is 0. The highest BCUT2D eigenvalue weighted by molar-refractivity contribution is 9.11. The lowest BCUT2D eigenvalue weighted by molar-refractivity contribution is 0.630. The van der Waals surface area contributed by atoms with Crippen LogP contribution in [0.3, 0.4) is 0 Å².